The van der Waals surface area contributed by atoms with Crippen LogP contribution in [0.3, 0.4) is 0 Å². The van der Waals surface area contributed by atoms with Crippen molar-refractivity contribution in [3.63, 3.8) is 0 Å². The van der Waals surface area contributed by atoms with Gasteiger partial charge in [0.2, 0.25) is 11.8 Å². The van der Waals surface area contributed by atoms with Crippen molar-refractivity contribution in [2.75, 3.05) is 19.3 Å². The van der Waals surface area contributed by atoms with E-state index >= 15 is 0 Å². The molecule has 0 aromatic heterocycles. The first kappa shape index (κ1) is 24.0. The minimum atomic E-state index is -3.53. The number of amides is 3. The van der Waals surface area contributed by atoms with E-state index in [1.54, 1.807) is 4.90 Å². The summed E-state index contributed by atoms with van der Waals surface area (Å²) in [6.45, 7) is -0.0201. The number of rotatable bonds is 5. The van der Waals surface area contributed by atoms with Crippen LogP contribution in [0.15, 0.2) is 39.1 Å². The first-order valence-electron chi connectivity index (χ1n) is 11.3. The molecule has 4 aliphatic rings. The van der Waals surface area contributed by atoms with Crippen molar-refractivity contribution in [2.45, 2.75) is 47.6 Å². The normalized spacial score (nSPS) is 31.5. The molecule has 3 amide bonds. The molecule has 192 valence electrons. The zero-order valence-corrected chi connectivity index (χ0v) is 20.1. The van der Waals surface area contributed by atoms with Gasteiger partial charge in [0.1, 0.15) is 12.1 Å². The number of likely N-dealkylation sites (tertiary alicyclic amines) is 1. The number of benzene rings is 1. The van der Waals surface area contributed by atoms with Crippen LogP contribution in [0.25, 0.3) is 0 Å². The summed E-state index contributed by atoms with van der Waals surface area (Å²) in [4.78, 5) is 48.9. The summed E-state index contributed by atoms with van der Waals surface area (Å²) in [5.41, 5.74) is 11.0. The van der Waals surface area contributed by atoms with Gasteiger partial charge in [0, 0.05) is 31.2 Å². The third-order valence-corrected chi connectivity index (χ3v) is 8.13. The molecule has 0 saturated carbocycles. The summed E-state index contributed by atoms with van der Waals surface area (Å²) in [5, 5.41) is 17.2. The van der Waals surface area contributed by atoms with E-state index in [2.05, 4.69) is 20.6 Å². The van der Waals surface area contributed by atoms with Crippen LogP contribution in [0.4, 0.5) is 0 Å². The fourth-order valence-electron chi connectivity index (χ4n) is 5.32. The van der Waals surface area contributed by atoms with Crippen molar-refractivity contribution < 1.29 is 27.9 Å². The maximum absolute atomic E-state index is 13.0. The largest absolute Gasteiger partial charge is 0.386 e. The van der Waals surface area contributed by atoms with Crippen LogP contribution in [0.1, 0.15) is 23.2 Å². The molecular formula is C21H26N8O6S. The molecular weight excluding hydrogens is 492 g/mol. The van der Waals surface area contributed by atoms with Gasteiger partial charge in [-0.05, 0) is 18.2 Å². The number of imide groups is 1. The molecule has 4 aliphatic heterocycles. The number of aliphatic hydroxyl groups is 1. The number of hydrogen-bond donors (Lipinski definition) is 5. The van der Waals surface area contributed by atoms with Crippen LogP contribution in [0.5, 0.6) is 0 Å². The Kier molecular flexibility index (Phi) is 5.44. The lowest BCUT2D eigenvalue weighted by atomic mass is 9.87. The van der Waals surface area contributed by atoms with E-state index in [-0.39, 0.29) is 60.1 Å². The van der Waals surface area contributed by atoms with Crippen LogP contribution < -0.4 is 22.1 Å². The van der Waals surface area contributed by atoms with Gasteiger partial charge in [-0.3, -0.25) is 19.3 Å². The molecule has 2 saturated heterocycles. The Bertz CT molecular complexity index is 1310. The average Bonchev–Trinajstić information content (AvgIpc) is 3.43. The zero-order valence-electron chi connectivity index (χ0n) is 19.3. The highest BCUT2D eigenvalue weighted by Crippen LogP contribution is 2.40. The van der Waals surface area contributed by atoms with Crippen LogP contribution in [-0.4, -0.2) is 102 Å². The van der Waals surface area contributed by atoms with Gasteiger partial charge in [0.05, 0.1) is 23.5 Å². The van der Waals surface area contributed by atoms with E-state index in [0.717, 1.165) is 11.2 Å². The Hall–Kier alpha value is -3.72. The fourth-order valence-corrected chi connectivity index (χ4v) is 5.99. The van der Waals surface area contributed by atoms with Gasteiger partial charge >= 0.3 is 0 Å². The van der Waals surface area contributed by atoms with Gasteiger partial charge in [-0.15, -0.1) is 0 Å². The lowest BCUT2D eigenvalue weighted by molar-refractivity contribution is -0.138. The predicted molar refractivity (Wildman–Crippen MR) is 126 cm³/mol. The van der Waals surface area contributed by atoms with Crippen molar-refractivity contribution in [1.29, 1.82) is 0 Å². The van der Waals surface area contributed by atoms with E-state index in [9.17, 15) is 27.9 Å². The smallest absolute Gasteiger partial charge is 0.251 e. The predicted octanol–water partition coefficient (Wildman–Crippen LogP) is -3.31. The van der Waals surface area contributed by atoms with Crippen LogP contribution in [-0.2, 0) is 19.4 Å². The monoisotopic (exact) mass is 518 g/mol. The second-order valence-electron chi connectivity index (χ2n) is 9.30. The molecule has 1 aromatic carbocycles. The van der Waals surface area contributed by atoms with Gasteiger partial charge in [-0.2, -0.15) is 0 Å². The number of hydrogen-bond acceptors (Lipinski definition) is 12. The minimum absolute atomic E-state index is 0.0120. The molecule has 2 fully saturated rings. The van der Waals surface area contributed by atoms with Crippen molar-refractivity contribution in [2.24, 2.45) is 21.5 Å². The second kappa shape index (κ2) is 8.16. The first-order chi connectivity index (χ1) is 16.9. The topological polar surface area (TPSA) is 213 Å². The summed E-state index contributed by atoms with van der Waals surface area (Å²) in [5.74, 6) is -1.18. The fraction of sp³-hybridized carbons (Fsp3) is 0.476. The SMILES string of the molecule is CS(=O)(=O)c1cccc(C(=O)NC2CN3C(N)=NC(CN4C(=O)CCC4=O)C4N=C(N)NC43[C@@H]2O)c1. The van der Waals surface area contributed by atoms with Crippen molar-refractivity contribution in [1.82, 2.24) is 20.4 Å². The molecule has 4 unspecified atom stereocenters. The molecule has 0 radical (unpaired) electrons. The Morgan fingerprint density at radius 1 is 1.25 bits per heavy atom. The lowest BCUT2D eigenvalue weighted by Crippen LogP contribution is -2.73. The Balaban J connectivity index is 1.41. The Morgan fingerprint density at radius 3 is 2.61 bits per heavy atom. The highest BCUT2D eigenvalue weighted by molar-refractivity contribution is 7.90. The molecule has 0 bridgehead atoms. The highest BCUT2D eigenvalue weighted by atomic mass is 32.2. The van der Waals surface area contributed by atoms with Crippen LogP contribution >= 0.6 is 0 Å². The van der Waals surface area contributed by atoms with Gasteiger partial charge in [0.15, 0.2) is 27.4 Å². The summed E-state index contributed by atoms with van der Waals surface area (Å²) in [7, 11) is -3.53. The third-order valence-electron chi connectivity index (χ3n) is 7.02. The van der Waals surface area contributed by atoms with Crippen molar-refractivity contribution >= 4 is 39.5 Å². The highest BCUT2D eigenvalue weighted by Gasteiger charge is 2.65. The number of nitrogens with two attached hydrogens (primary N) is 2. The van der Waals surface area contributed by atoms with E-state index in [1.165, 1.54) is 24.3 Å². The van der Waals surface area contributed by atoms with Gasteiger partial charge in [-0.1, -0.05) is 6.07 Å². The molecule has 15 heteroatoms. The van der Waals surface area contributed by atoms with Crippen LogP contribution in [0.2, 0.25) is 0 Å². The van der Waals surface area contributed by atoms with E-state index in [4.69, 9.17) is 11.5 Å². The Labute approximate surface area is 206 Å². The molecule has 7 N–H and O–H groups in total. The first-order valence-corrected chi connectivity index (χ1v) is 13.2. The molecule has 14 nitrogen and oxygen atoms in total. The van der Waals surface area contributed by atoms with Crippen molar-refractivity contribution in [3.05, 3.63) is 29.8 Å². The van der Waals surface area contributed by atoms with E-state index in [0.29, 0.717) is 0 Å². The number of carbonyl (C=O) groups excluding carboxylic acids is 3. The molecule has 5 rings (SSSR count). The maximum Gasteiger partial charge on any atom is 0.251 e. The summed E-state index contributed by atoms with van der Waals surface area (Å²) < 4.78 is 23.8. The Morgan fingerprint density at radius 2 is 1.94 bits per heavy atom. The molecule has 1 spiro atoms. The molecule has 5 atom stereocenters. The van der Waals surface area contributed by atoms with Gasteiger partial charge in [0.25, 0.3) is 5.91 Å². The standard InChI is InChI=1S/C21H26N8O6S/c1-36(34,35)11-4-2-3-10(7-11)18(33)24-13-9-29-20(23)25-12(8-28-14(30)5-6-15(28)31)16-21(29,17(13)32)27-19(22)26-16/h2-4,7,12-13,16-17,32H,5-6,8-9H2,1H3,(H2,23,25)(H,24,33)(H3,22,26,27)/t12?,13?,16?,17-,21?/m1/s1. The third kappa shape index (κ3) is 3.65. The number of nitrogens with one attached hydrogen (secondary N) is 2. The lowest BCUT2D eigenvalue weighted by Gasteiger charge is -2.46. The molecule has 1 aromatic rings. The number of sulfone groups is 1. The maximum atomic E-state index is 13.0. The summed E-state index contributed by atoms with van der Waals surface area (Å²) in [6.07, 6.45) is -0.00263. The minimum Gasteiger partial charge on any atom is -0.386 e. The zero-order chi connectivity index (χ0) is 26.0. The summed E-state index contributed by atoms with van der Waals surface area (Å²) >= 11 is 0. The summed E-state index contributed by atoms with van der Waals surface area (Å²) in [6, 6.07) is 3.12. The number of guanidine groups is 2. The second-order valence-corrected chi connectivity index (χ2v) is 11.3. The molecule has 36 heavy (non-hydrogen) atoms. The van der Waals surface area contributed by atoms with Gasteiger partial charge in [-0.25, -0.2) is 18.4 Å². The van der Waals surface area contributed by atoms with Crippen LogP contribution in [0, 0.1) is 0 Å². The average molecular weight is 519 g/mol. The number of nitrogens with zero attached hydrogens (tertiary/aromatic N) is 4. The number of carbonyl (C=O) groups is 3. The van der Waals surface area contributed by atoms with E-state index in [1.807, 2.05) is 0 Å². The number of aliphatic imine (C=N–C) groups is 2. The molecule has 4 heterocycles. The van der Waals surface area contributed by atoms with E-state index < -0.39 is 45.6 Å². The quantitative estimate of drug-likeness (QED) is 0.245. The number of aliphatic hydroxyl groups excluding tert-OH is 1. The van der Waals surface area contributed by atoms with Crippen molar-refractivity contribution in [3.8, 4) is 0 Å². The molecule has 0 aliphatic carbocycles. The van der Waals surface area contributed by atoms with Gasteiger partial charge < -0.3 is 32.1 Å².